The van der Waals surface area contributed by atoms with Gasteiger partial charge in [-0.15, -0.1) is 0 Å². The summed E-state index contributed by atoms with van der Waals surface area (Å²) in [5, 5.41) is 0.637. The van der Waals surface area contributed by atoms with Gasteiger partial charge in [-0.3, -0.25) is 9.59 Å². The molecule has 2 heterocycles. The smallest absolute Gasteiger partial charge is 0.231 e. The van der Waals surface area contributed by atoms with E-state index in [9.17, 15) is 9.59 Å². The van der Waals surface area contributed by atoms with Gasteiger partial charge in [0, 0.05) is 43.3 Å². The number of carbonyl (C=O) groups is 2. The van der Waals surface area contributed by atoms with Gasteiger partial charge in [0.1, 0.15) is 0 Å². The van der Waals surface area contributed by atoms with Crippen molar-refractivity contribution in [2.24, 2.45) is 5.92 Å². The highest BCUT2D eigenvalue weighted by Crippen LogP contribution is 2.37. The van der Waals surface area contributed by atoms with Crippen LogP contribution in [0, 0.1) is 5.92 Å². The molecule has 2 amide bonds. The maximum absolute atomic E-state index is 12.8. The number of carbonyl (C=O) groups excluding carboxylic acids is 2. The van der Waals surface area contributed by atoms with Gasteiger partial charge in [-0.2, -0.15) is 0 Å². The van der Waals surface area contributed by atoms with E-state index in [1.165, 1.54) is 0 Å². The van der Waals surface area contributed by atoms with E-state index in [-0.39, 0.29) is 30.9 Å². The van der Waals surface area contributed by atoms with Gasteiger partial charge in [0.15, 0.2) is 11.5 Å². The Balaban J connectivity index is 1.44. The second-order valence-corrected chi connectivity index (χ2v) is 7.20. The van der Waals surface area contributed by atoms with Crippen molar-refractivity contribution in [3.05, 3.63) is 53.1 Å². The summed E-state index contributed by atoms with van der Waals surface area (Å²) in [6, 6.07) is 12.8. The Morgan fingerprint density at radius 1 is 1.22 bits per heavy atom. The first-order valence-corrected chi connectivity index (χ1v) is 9.08. The molecule has 0 aliphatic carbocycles. The minimum Gasteiger partial charge on any atom is -0.454 e. The van der Waals surface area contributed by atoms with Gasteiger partial charge in [-0.05, 0) is 29.8 Å². The predicted octanol–water partition coefficient (Wildman–Crippen LogP) is 3.08. The quantitative estimate of drug-likeness (QED) is 0.810. The third-order valence-electron chi connectivity index (χ3n) is 4.83. The van der Waals surface area contributed by atoms with Crippen molar-refractivity contribution in [1.29, 1.82) is 0 Å². The van der Waals surface area contributed by atoms with Crippen molar-refractivity contribution in [3.8, 4) is 11.5 Å². The summed E-state index contributed by atoms with van der Waals surface area (Å²) in [5.41, 5.74) is 1.67. The Morgan fingerprint density at radius 2 is 2.04 bits per heavy atom. The molecule has 2 aromatic carbocycles. The van der Waals surface area contributed by atoms with Crippen molar-refractivity contribution in [2.45, 2.75) is 13.0 Å². The van der Waals surface area contributed by atoms with Crippen molar-refractivity contribution >= 4 is 29.1 Å². The Bertz CT molecular complexity index is 901. The molecular formula is C20H19ClN2O4. The lowest BCUT2D eigenvalue weighted by molar-refractivity contribution is -0.135. The summed E-state index contributed by atoms with van der Waals surface area (Å²) < 4.78 is 10.7. The number of fused-ring (bicyclic) bond motifs is 1. The van der Waals surface area contributed by atoms with E-state index in [0.717, 1.165) is 11.3 Å². The first kappa shape index (κ1) is 17.7. The highest BCUT2D eigenvalue weighted by Gasteiger charge is 2.37. The fraction of sp³-hybridized carbons (Fsp3) is 0.300. The highest BCUT2D eigenvalue weighted by atomic mass is 35.5. The van der Waals surface area contributed by atoms with Crippen molar-refractivity contribution < 1.29 is 19.1 Å². The van der Waals surface area contributed by atoms with Crippen molar-refractivity contribution in [1.82, 2.24) is 4.90 Å². The van der Waals surface area contributed by atoms with Gasteiger partial charge in [0.25, 0.3) is 0 Å². The molecule has 0 saturated carbocycles. The minimum absolute atomic E-state index is 0.0495. The average Bonchev–Trinajstić information content (AvgIpc) is 3.26. The Hall–Kier alpha value is -2.73. The Labute approximate surface area is 162 Å². The molecule has 1 unspecified atom stereocenters. The number of rotatable bonds is 4. The van der Waals surface area contributed by atoms with Crippen LogP contribution in [0.5, 0.6) is 11.5 Å². The standard InChI is InChI=1S/C20H19ClN2O4/c1-22(10-13-3-2-4-15(21)7-13)20(25)14-8-19(24)23(11-14)16-5-6-17-18(9-16)27-12-26-17/h2-7,9,14H,8,10-12H2,1H3. The van der Waals surface area contributed by atoms with Crippen LogP contribution in [0.25, 0.3) is 0 Å². The van der Waals surface area contributed by atoms with Crippen LogP contribution < -0.4 is 14.4 Å². The summed E-state index contributed by atoms with van der Waals surface area (Å²) in [7, 11) is 1.75. The Kier molecular flexibility index (Phi) is 4.66. The second kappa shape index (κ2) is 7.12. The van der Waals surface area contributed by atoms with Gasteiger partial charge in [-0.1, -0.05) is 23.7 Å². The van der Waals surface area contributed by atoms with E-state index in [0.29, 0.717) is 29.6 Å². The zero-order chi connectivity index (χ0) is 19.0. The third kappa shape index (κ3) is 3.57. The number of amides is 2. The molecule has 0 aromatic heterocycles. The lowest BCUT2D eigenvalue weighted by Crippen LogP contribution is -2.34. The van der Waals surface area contributed by atoms with Crippen LogP contribution >= 0.6 is 11.6 Å². The van der Waals surface area contributed by atoms with Crippen LogP contribution in [-0.2, 0) is 16.1 Å². The number of benzene rings is 2. The first-order valence-electron chi connectivity index (χ1n) is 8.70. The molecular weight excluding hydrogens is 368 g/mol. The number of hydrogen-bond donors (Lipinski definition) is 0. The third-order valence-corrected chi connectivity index (χ3v) is 5.06. The maximum atomic E-state index is 12.8. The molecule has 0 N–H and O–H groups in total. The molecule has 2 aromatic rings. The number of ether oxygens (including phenoxy) is 2. The molecule has 1 saturated heterocycles. The lowest BCUT2D eigenvalue weighted by atomic mass is 10.1. The summed E-state index contributed by atoms with van der Waals surface area (Å²) in [6.45, 7) is 0.993. The van der Waals surface area contributed by atoms with Crippen molar-refractivity contribution in [2.75, 3.05) is 25.3 Å². The topological polar surface area (TPSA) is 59.1 Å². The molecule has 2 aliphatic heterocycles. The van der Waals surface area contributed by atoms with E-state index in [2.05, 4.69) is 0 Å². The van der Waals surface area contributed by atoms with Gasteiger partial charge in [0.2, 0.25) is 18.6 Å². The molecule has 4 rings (SSSR count). The van der Waals surface area contributed by atoms with E-state index in [1.807, 2.05) is 24.3 Å². The fourth-order valence-electron chi connectivity index (χ4n) is 3.47. The molecule has 1 fully saturated rings. The van der Waals surface area contributed by atoms with Crippen LogP contribution in [0.15, 0.2) is 42.5 Å². The fourth-order valence-corrected chi connectivity index (χ4v) is 3.69. The number of nitrogens with zero attached hydrogens (tertiary/aromatic N) is 2. The molecule has 0 radical (unpaired) electrons. The molecule has 1 atom stereocenters. The van der Waals surface area contributed by atoms with Crippen LogP contribution in [0.4, 0.5) is 5.69 Å². The van der Waals surface area contributed by atoms with E-state index in [1.54, 1.807) is 35.0 Å². The van der Waals surface area contributed by atoms with Crippen LogP contribution in [0.2, 0.25) is 5.02 Å². The second-order valence-electron chi connectivity index (χ2n) is 6.77. The van der Waals surface area contributed by atoms with Gasteiger partial charge in [-0.25, -0.2) is 0 Å². The molecule has 27 heavy (non-hydrogen) atoms. The summed E-state index contributed by atoms with van der Waals surface area (Å²) in [4.78, 5) is 28.6. The van der Waals surface area contributed by atoms with E-state index in [4.69, 9.17) is 21.1 Å². The summed E-state index contributed by atoms with van der Waals surface area (Å²) >= 11 is 6.01. The zero-order valence-electron chi connectivity index (χ0n) is 14.9. The largest absolute Gasteiger partial charge is 0.454 e. The van der Waals surface area contributed by atoms with E-state index >= 15 is 0 Å². The van der Waals surface area contributed by atoms with Crippen LogP contribution in [-0.4, -0.2) is 37.1 Å². The average molecular weight is 387 g/mol. The lowest BCUT2D eigenvalue weighted by Gasteiger charge is -2.22. The normalized spacial score (nSPS) is 18.1. The van der Waals surface area contributed by atoms with Crippen molar-refractivity contribution in [3.63, 3.8) is 0 Å². The number of anilines is 1. The number of hydrogen-bond acceptors (Lipinski definition) is 4. The predicted molar refractivity (Wildman–Crippen MR) is 101 cm³/mol. The molecule has 0 bridgehead atoms. The SMILES string of the molecule is CN(Cc1cccc(Cl)c1)C(=O)C1CC(=O)N(c2ccc3c(c2)OCO3)C1. The monoisotopic (exact) mass is 386 g/mol. The maximum Gasteiger partial charge on any atom is 0.231 e. The van der Waals surface area contributed by atoms with Gasteiger partial charge >= 0.3 is 0 Å². The van der Waals surface area contributed by atoms with Crippen LogP contribution in [0.1, 0.15) is 12.0 Å². The van der Waals surface area contributed by atoms with Gasteiger partial charge < -0.3 is 19.3 Å². The molecule has 7 heteroatoms. The van der Waals surface area contributed by atoms with E-state index < -0.39 is 0 Å². The molecule has 0 spiro atoms. The summed E-state index contributed by atoms with van der Waals surface area (Å²) in [6.07, 6.45) is 0.202. The molecule has 2 aliphatic rings. The summed E-state index contributed by atoms with van der Waals surface area (Å²) in [5.74, 6) is 0.800. The van der Waals surface area contributed by atoms with Crippen LogP contribution in [0.3, 0.4) is 0 Å². The highest BCUT2D eigenvalue weighted by molar-refractivity contribution is 6.30. The van der Waals surface area contributed by atoms with Gasteiger partial charge in [0.05, 0.1) is 5.92 Å². The molecule has 6 nitrogen and oxygen atoms in total. The Morgan fingerprint density at radius 3 is 2.85 bits per heavy atom. The molecule has 140 valence electrons. The number of halogens is 1. The zero-order valence-corrected chi connectivity index (χ0v) is 15.6. The minimum atomic E-state index is -0.368. The first-order chi connectivity index (χ1) is 13.0.